The van der Waals surface area contributed by atoms with E-state index < -0.39 is 6.29 Å². The summed E-state index contributed by atoms with van der Waals surface area (Å²) in [5.41, 5.74) is 1.21. The minimum Gasteiger partial charge on any atom is -0.455 e. The third kappa shape index (κ3) is 1.71. The second-order valence-corrected chi connectivity index (χ2v) is 3.82. The monoisotopic (exact) mass is 247 g/mol. The molecule has 0 fully saturated rings. The summed E-state index contributed by atoms with van der Waals surface area (Å²) in [7, 11) is 0. The first-order valence-electron chi connectivity index (χ1n) is 5.38. The van der Waals surface area contributed by atoms with E-state index >= 15 is 0 Å². The van der Waals surface area contributed by atoms with E-state index in [0.29, 0.717) is 11.5 Å². The fourth-order valence-electron chi connectivity index (χ4n) is 1.68. The number of hydrogen-bond donors (Lipinski definition) is 0. The Hall–Kier alpha value is -2.37. The largest absolute Gasteiger partial charge is 0.455 e. The van der Waals surface area contributed by atoms with Gasteiger partial charge in [-0.15, -0.1) is 0 Å². The Labute approximate surface area is 102 Å². The summed E-state index contributed by atoms with van der Waals surface area (Å²) in [6.07, 6.45) is 5.28. The molecule has 3 rings (SSSR count). The van der Waals surface area contributed by atoms with Gasteiger partial charge < -0.3 is 9.47 Å². The molecule has 6 heteroatoms. The third-order valence-electron chi connectivity index (χ3n) is 2.67. The average molecular weight is 247 g/mol. The maximum atomic E-state index is 13.2. The molecule has 0 amide bonds. The molecule has 18 heavy (non-hydrogen) atoms. The summed E-state index contributed by atoms with van der Waals surface area (Å²) in [4.78, 5) is 4.21. The first-order chi connectivity index (χ1) is 8.75. The summed E-state index contributed by atoms with van der Waals surface area (Å²) in [5, 5.41) is 3.92. The van der Waals surface area contributed by atoms with Crippen molar-refractivity contribution in [3.8, 4) is 5.82 Å². The number of aromatic nitrogens is 3. The number of rotatable bonds is 2. The van der Waals surface area contributed by atoms with E-state index in [4.69, 9.17) is 9.47 Å². The zero-order valence-electron chi connectivity index (χ0n) is 9.58. The summed E-state index contributed by atoms with van der Waals surface area (Å²) in [6, 6.07) is 3.54. The normalized spacial score (nSPS) is 14.6. The SMILES string of the molecule is Cc1c(F)cnn1-c1ccc(C2OC=CO2)cn1. The number of nitrogens with zero attached hydrogens (tertiary/aromatic N) is 3. The molecule has 0 spiro atoms. The molecule has 0 N–H and O–H groups in total. The fraction of sp³-hybridized carbons (Fsp3) is 0.167. The Balaban J connectivity index is 1.89. The van der Waals surface area contributed by atoms with Gasteiger partial charge in [-0.1, -0.05) is 0 Å². The van der Waals surface area contributed by atoms with Crippen molar-refractivity contribution < 1.29 is 13.9 Å². The van der Waals surface area contributed by atoms with Crippen molar-refractivity contribution in [2.24, 2.45) is 0 Å². The quantitative estimate of drug-likeness (QED) is 0.816. The Morgan fingerprint density at radius 2 is 2.00 bits per heavy atom. The summed E-state index contributed by atoms with van der Waals surface area (Å²) < 4.78 is 25.0. The molecule has 1 aliphatic heterocycles. The Bertz CT molecular complexity index is 584. The Kier molecular flexibility index (Phi) is 2.47. The van der Waals surface area contributed by atoms with Gasteiger partial charge in [-0.05, 0) is 19.1 Å². The molecule has 3 heterocycles. The van der Waals surface area contributed by atoms with Crippen LogP contribution in [0.15, 0.2) is 37.1 Å². The maximum Gasteiger partial charge on any atom is 0.267 e. The lowest BCUT2D eigenvalue weighted by atomic mass is 10.2. The minimum atomic E-state index is -0.456. The second kappa shape index (κ2) is 4.14. The first-order valence-corrected chi connectivity index (χ1v) is 5.38. The van der Waals surface area contributed by atoms with Crippen molar-refractivity contribution in [2.45, 2.75) is 13.2 Å². The van der Waals surface area contributed by atoms with Gasteiger partial charge in [-0.3, -0.25) is 0 Å². The fourth-order valence-corrected chi connectivity index (χ4v) is 1.68. The molecule has 92 valence electrons. The molecule has 5 nitrogen and oxygen atoms in total. The number of halogens is 1. The molecule has 0 saturated carbocycles. The van der Waals surface area contributed by atoms with E-state index in [0.717, 1.165) is 11.8 Å². The summed E-state index contributed by atoms with van der Waals surface area (Å²) >= 11 is 0. The van der Waals surface area contributed by atoms with Crippen molar-refractivity contribution >= 4 is 0 Å². The predicted molar refractivity (Wildman–Crippen MR) is 60.1 cm³/mol. The van der Waals surface area contributed by atoms with Crippen LogP contribution >= 0.6 is 0 Å². The van der Waals surface area contributed by atoms with E-state index in [-0.39, 0.29) is 5.82 Å². The van der Waals surface area contributed by atoms with E-state index in [9.17, 15) is 4.39 Å². The smallest absolute Gasteiger partial charge is 0.267 e. The standard InChI is InChI=1S/C12H10FN3O2/c1-8-10(13)7-15-16(8)11-3-2-9(6-14-11)12-17-4-5-18-12/h2-7,12H,1H3. The number of hydrogen-bond acceptors (Lipinski definition) is 4. The first kappa shape index (κ1) is 10.8. The van der Waals surface area contributed by atoms with Crippen LogP contribution in [0.25, 0.3) is 5.82 Å². The van der Waals surface area contributed by atoms with Gasteiger partial charge in [0.15, 0.2) is 11.6 Å². The van der Waals surface area contributed by atoms with Crippen molar-refractivity contribution in [3.63, 3.8) is 0 Å². The van der Waals surface area contributed by atoms with Gasteiger partial charge in [0, 0.05) is 6.20 Å². The zero-order valence-corrected chi connectivity index (χ0v) is 9.58. The lowest BCUT2D eigenvalue weighted by Gasteiger charge is -2.10. The van der Waals surface area contributed by atoms with Gasteiger partial charge in [-0.2, -0.15) is 5.10 Å². The molecule has 2 aromatic heterocycles. The van der Waals surface area contributed by atoms with E-state index in [2.05, 4.69) is 10.1 Å². The van der Waals surface area contributed by atoms with Crippen LogP contribution in [0.5, 0.6) is 0 Å². The van der Waals surface area contributed by atoms with Gasteiger partial charge in [0.25, 0.3) is 6.29 Å². The maximum absolute atomic E-state index is 13.2. The second-order valence-electron chi connectivity index (χ2n) is 3.82. The van der Waals surface area contributed by atoms with Crippen LogP contribution in [0.1, 0.15) is 17.5 Å². The van der Waals surface area contributed by atoms with Crippen LogP contribution in [0.4, 0.5) is 4.39 Å². The molecule has 1 aliphatic rings. The molecule has 0 aliphatic carbocycles. The molecule has 0 unspecified atom stereocenters. The van der Waals surface area contributed by atoms with E-state index in [1.54, 1.807) is 25.3 Å². The van der Waals surface area contributed by atoms with Gasteiger partial charge in [0.1, 0.15) is 12.5 Å². The highest BCUT2D eigenvalue weighted by molar-refractivity contribution is 5.27. The Morgan fingerprint density at radius 3 is 2.56 bits per heavy atom. The molecule has 0 aromatic carbocycles. The molecule has 0 radical (unpaired) electrons. The van der Waals surface area contributed by atoms with Crippen LogP contribution < -0.4 is 0 Å². The van der Waals surface area contributed by atoms with Crippen LogP contribution in [0.2, 0.25) is 0 Å². The van der Waals surface area contributed by atoms with Crippen molar-refractivity contribution in [3.05, 3.63) is 54.1 Å². The molecular formula is C12H10FN3O2. The zero-order chi connectivity index (χ0) is 12.5. The van der Waals surface area contributed by atoms with Gasteiger partial charge in [0.05, 0.1) is 17.5 Å². The summed E-state index contributed by atoms with van der Waals surface area (Å²) in [6.45, 7) is 1.64. The molecule has 2 aromatic rings. The van der Waals surface area contributed by atoms with Crippen LogP contribution in [-0.4, -0.2) is 14.8 Å². The van der Waals surface area contributed by atoms with Crippen molar-refractivity contribution in [1.29, 1.82) is 0 Å². The average Bonchev–Trinajstić information content (AvgIpc) is 3.02. The van der Waals surface area contributed by atoms with E-state index in [1.807, 2.05) is 0 Å². The molecule has 0 saturated heterocycles. The van der Waals surface area contributed by atoms with Crippen LogP contribution in [-0.2, 0) is 9.47 Å². The molecule has 0 atom stereocenters. The predicted octanol–water partition coefficient (Wildman–Crippen LogP) is 2.23. The Morgan fingerprint density at radius 1 is 1.22 bits per heavy atom. The number of ether oxygens (including phenoxy) is 2. The van der Waals surface area contributed by atoms with Crippen LogP contribution in [0, 0.1) is 12.7 Å². The minimum absolute atomic E-state index is 0.354. The highest BCUT2D eigenvalue weighted by Crippen LogP contribution is 2.23. The van der Waals surface area contributed by atoms with Gasteiger partial charge >= 0.3 is 0 Å². The van der Waals surface area contributed by atoms with Crippen LogP contribution in [0.3, 0.4) is 0 Å². The van der Waals surface area contributed by atoms with Crippen molar-refractivity contribution in [2.75, 3.05) is 0 Å². The van der Waals surface area contributed by atoms with Crippen molar-refractivity contribution in [1.82, 2.24) is 14.8 Å². The van der Waals surface area contributed by atoms with Gasteiger partial charge in [-0.25, -0.2) is 14.1 Å². The lowest BCUT2D eigenvalue weighted by molar-refractivity contribution is -0.0248. The topological polar surface area (TPSA) is 49.2 Å². The van der Waals surface area contributed by atoms with Gasteiger partial charge in [0.2, 0.25) is 0 Å². The molecular weight excluding hydrogens is 237 g/mol. The highest BCUT2D eigenvalue weighted by atomic mass is 19.1. The summed E-state index contributed by atoms with van der Waals surface area (Å²) in [5.74, 6) is 0.193. The third-order valence-corrected chi connectivity index (χ3v) is 2.67. The highest BCUT2D eigenvalue weighted by Gasteiger charge is 2.16. The lowest BCUT2D eigenvalue weighted by Crippen LogP contribution is -2.04. The number of pyridine rings is 1. The van der Waals surface area contributed by atoms with E-state index in [1.165, 1.54) is 17.2 Å². The molecule has 0 bridgehead atoms.